The van der Waals surface area contributed by atoms with E-state index in [9.17, 15) is 14.9 Å². The number of hydrogen-bond acceptors (Lipinski definition) is 5. The van der Waals surface area contributed by atoms with Crippen molar-refractivity contribution in [2.45, 2.75) is 38.0 Å². The Hall–Kier alpha value is -1.63. The van der Waals surface area contributed by atoms with Crippen LogP contribution in [-0.4, -0.2) is 18.2 Å². The normalized spacial score (nSPS) is 15.5. The lowest BCUT2D eigenvalue weighted by molar-refractivity contribution is -0.385. The van der Waals surface area contributed by atoms with E-state index in [-0.39, 0.29) is 11.6 Å². The standard InChI is InChI=1S/C14H16BrNO5/c1-20-14(17)21-13-11(9-5-3-2-4-6-9)7-10(16(18)19)8-12(13)15/h7-9H,2-6H2,1H3. The van der Waals surface area contributed by atoms with Gasteiger partial charge < -0.3 is 9.47 Å². The Bertz CT molecular complexity index is 555. The van der Waals surface area contributed by atoms with E-state index in [1.54, 1.807) is 0 Å². The fourth-order valence-corrected chi connectivity index (χ4v) is 3.20. The van der Waals surface area contributed by atoms with Gasteiger partial charge in [0.15, 0.2) is 5.75 Å². The highest BCUT2D eigenvalue weighted by Crippen LogP contribution is 2.43. The molecule has 1 saturated carbocycles. The van der Waals surface area contributed by atoms with Gasteiger partial charge in [-0.3, -0.25) is 10.1 Å². The Morgan fingerprint density at radius 1 is 1.33 bits per heavy atom. The van der Waals surface area contributed by atoms with Crippen molar-refractivity contribution < 1.29 is 19.2 Å². The van der Waals surface area contributed by atoms with Crippen molar-refractivity contribution in [3.05, 3.63) is 32.3 Å². The predicted octanol–water partition coefficient (Wildman–Crippen LogP) is 4.55. The number of rotatable bonds is 3. The summed E-state index contributed by atoms with van der Waals surface area (Å²) in [5.74, 6) is 0.481. The molecular weight excluding hydrogens is 342 g/mol. The van der Waals surface area contributed by atoms with Gasteiger partial charge in [0.1, 0.15) is 0 Å². The largest absolute Gasteiger partial charge is 0.513 e. The van der Waals surface area contributed by atoms with Gasteiger partial charge in [0.2, 0.25) is 0 Å². The molecule has 0 bridgehead atoms. The summed E-state index contributed by atoms with van der Waals surface area (Å²) in [5.41, 5.74) is 0.681. The van der Waals surface area contributed by atoms with E-state index in [2.05, 4.69) is 20.7 Å². The first-order chi connectivity index (χ1) is 10.0. The molecule has 0 aliphatic heterocycles. The van der Waals surface area contributed by atoms with Gasteiger partial charge >= 0.3 is 6.16 Å². The van der Waals surface area contributed by atoms with Crippen LogP contribution in [0.3, 0.4) is 0 Å². The smallest absolute Gasteiger partial charge is 0.437 e. The maximum atomic E-state index is 11.4. The first kappa shape index (κ1) is 15.8. The summed E-state index contributed by atoms with van der Waals surface area (Å²) >= 11 is 3.25. The molecule has 1 fully saturated rings. The minimum Gasteiger partial charge on any atom is -0.437 e. The molecule has 0 saturated heterocycles. The molecule has 1 aliphatic rings. The van der Waals surface area contributed by atoms with Crippen molar-refractivity contribution in [1.82, 2.24) is 0 Å². The number of methoxy groups -OCH3 is 1. The van der Waals surface area contributed by atoms with Gasteiger partial charge in [0.25, 0.3) is 5.69 Å². The van der Waals surface area contributed by atoms with Gasteiger partial charge in [-0.25, -0.2) is 4.79 Å². The van der Waals surface area contributed by atoms with E-state index in [1.807, 2.05) is 0 Å². The molecule has 1 aliphatic carbocycles. The Morgan fingerprint density at radius 2 is 2.00 bits per heavy atom. The van der Waals surface area contributed by atoms with Crippen LogP contribution >= 0.6 is 15.9 Å². The number of carbonyl (C=O) groups is 1. The van der Waals surface area contributed by atoms with Crippen LogP contribution in [0.2, 0.25) is 0 Å². The van der Waals surface area contributed by atoms with E-state index in [0.717, 1.165) is 25.7 Å². The molecular formula is C14H16BrNO5. The Morgan fingerprint density at radius 3 is 2.57 bits per heavy atom. The highest BCUT2D eigenvalue weighted by Gasteiger charge is 2.26. The highest BCUT2D eigenvalue weighted by molar-refractivity contribution is 9.10. The lowest BCUT2D eigenvalue weighted by atomic mass is 9.83. The van der Waals surface area contributed by atoms with Crippen molar-refractivity contribution in [2.24, 2.45) is 0 Å². The molecule has 21 heavy (non-hydrogen) atoms. The lowest BCUT2D eigenvalue weighted by Gasteiger charge is -2.24. The number of ether oxygens (including phenoxy) is 2. The third-order valence-electron chi connectivity index (χ3n) is 3.66. The summed E-state index contributed by atoms with van der Waals surface area (Å²) in [6, 6.07) is 2.84. The molecule has 2 rings (SSSR count). The zero-order valence-corrected chi connectivity index (χ0v) is 13.2. The van der Waals surface area contributed by atoms with Crippen LogP contribution in [0, 0.1) is 10.1 Å². The molecule has 6 nitrogen and oxygen atoms in total. The third-order valence-corrected chi connectivity index (χ3v) is 4.25. The van der Waals surface area contributed by atoms with E-state index < -0.39 is 11.1 Å². The van der Waals surface area contributed by atoms with E-state index in [4.69, 9.17) is 4.74 Å². The second-order valence-corrected chi connectivity index (χ2v) is 5.85. The lowest BCUT2D eigenvalue weighted by Crippen LogP contribution is -2.13. The number of halogens is 1. The number of nitro groups is 1. The molecule has 0 heterocycles. The van der Waals surface area contributed by atoms with Crippen molar-refractivity contribution in [3.8, 4) is 5.75 Å². The molecule has 0 spiro atoms. The number of nitro benzene ring substituents is 1. The van der Waals surface area contributed by atoms with Crippen LogP contribution in [0.4, 0.5) is 10.5 Å². The zero-order chi connectivity index (χ0) is 15.4. The SMILES string of the molecule is COC(=O)Oc1c(Br)cc([N+](=O)[O-])cc1C1CCCCC1. The first-order valence-corrected chi connectivity index (χ1v) is 7.56. The number of carbonyl (C=O) groups excluding carboxylic acids is 1. The molecule has 0 N–H and O–H groups in total. The summed E-state index contributed by atoms with van der Waals surface area (Å²) in [6.45, 7) is 0. The molecule has 0 radical (unpaired) electrons. The van der Waals surface area contributed by atoms with Gasteiger partial charge in [-0.2, -0.15) is 0 Å². The monoisotopic (exact) mass is 357 g/mol. The molecule has 0 aromatic heterocycles. The maximum absolute atomic E-state index is 11.4. The quantitative estimate of drug-likeness (QED) is 0.343. The van der Waals surface area contributed by atoms with Crippen molar-refractivity contribution in [3.63, 3.8) is 0 Å². The van der Waals surface area contributed by atoms with E-state index >= 15 is 0 Å². The van der Waals surface area contributed by atoms with Crippen molar-refractivity contribution in [1.29, 1.82) is 0 Å². The Kier molecular flexibility index (Phi) is 5.17. The number of non-ortho nitro benzene ring substituents is 1. The average Bonchev–Trinajstić information content (AvgIpc) is 2.49. The molecule has 0 unspecified atom stereocenters. The second kappa shape index (κ2) is 6.89. The fraction of sp³-hybridized carbons (Fsp3) is 0.500. The van der Waals surface area contributed by atoms with Gasteiger partial charge in [-0.15, -0.1) is 0 Å². The minimum absolute atomic E-state index is 0.0142. The fourth-order valence-electron chi connectivity index (χ4n) is 2.65. The molecule has 114 valence electrons. The van der Waals surface area contributed by atoms with E-state index in [0.29, 0.717) is 15.8 Å². The van der Waals surface area contributed by atoms with Crippen LogP contribution in [-0.2, 0) is 4.74 Å². The summed E-state index contributed by atoms with van der Waals surface area (Å²) in [5, 5.41) is 11.0. The number of hydrogen-bond donors (Lipinski definition) is 0. The van der Waals surface area contributed by atoms with Crippen LogP contribution in [0.1, 0.15) is 43.6 Å². The summed E-state index contributed by atoms with van der Waals surface area (Å²) in [7, 11) is 1.22. The maximum Gasteiger partial charge on any atom is 0.513 e. The minimum atomic E-state index is -0.832. The van der Waals surface area contributed by atoms with Crippen LogP contribution in [0.25, 0.3) is 0 Å². The average molecular weight is 358 g/mol. The number of benzene rings is 1. The van der Waals surface area contributed by atoms with Crippen molar-refractivity contribution in [2.75, 3.05) is 7.11 Å². The topological polar surface area (TPSA) is 78.7 Å². The van der Waals surface area contributed by atoms with Gasteiger partial charge in [0.05, 0.1) is 16.5 Å². The Balaban J connectivity index is 2.45. The molecule has 0 atom stereocenters. The highest BCUT2D eigenvalue weighted by atomic mass is 79.9. The molecule has 7 heteroatoms. The predicted molar refractivity (Wildman–Crippen MR) is 79.7 cm³/mol. The van der Waals surface area contributed by atoms with Crippen LogP contribution in [0.15, 0.2) is 16.6 Å². The van der Waals surface area contributed by atoms with Crippen LogP contribution < -0.4 is 4.74 Å². The van der Waals surface area contributed by atoms with Gasteiger partial charge in [0, 0.05) is 17.7 Å². The summed E-state index contributed by atoms with van der Waals surface area (Å²) in [4.78, 5) is 22.0. The van der Waals surface area contributed by atoms with E-state index in [1.165, 1.54) is 25.7 Å². The van der Waals surface area contributed by atoms with Crippen molar-refractivity contribution >= 4 is 27.8 Å². The molecule has 1 aromatic rings. The molecule has 1 aromatic carbocycles. The third kappa shape index (κ3) is 3.72. The first-order valence-electron chi connectivity index (χ1n) is 6.76. The number of nitrogens with zero attached hydrogens (tertiary/aromatic N) is 1. The van der Waals surface area contributed by atoms with Gasteiger partial charge in [-0.05, 0) is 34.7 Å². The van der Waals surface area contributed by atoms with Gasteiger partial charge in [-0.1, -0.05) is 19.3 Å². The molecule has 0 amide bonds. The van der Waals surface area contributed by atoms with Crippen LogP contribution in [0.5, 0.6) is 5.75 Å². The summed E-state index contributed by atoms with van der Waals surface area (Å²) in [6.07, 6.45) is 4.35. The Labute approximate surface area is 130 Å². The zero-order valence-electron chi connectivity index (χ0n) is 11.6. The summed E-state index contributed by atoms with van der Waals surface area (Å²) < 4.78 is 10.1. The second-order valence-electron chi connectivity index (χ2n) is 4.99.